The molecule has 0 radical (unpaired) electrons. The zero-order chi connectivity index (χ0) is 23.0. The van der Waals surface area contributed by atoms with E-state index < -0.39 is 21.8 Å². The van der Waals surface area contributed by atoms with Gasteiger partial charge in [-0.3, -0.25) is 19.1 Å². The highest BCUT2D eigenvalue weighted by Crippen LogP contribution is 2.35. The second-order valence-electron chi connectivity index (χ2n) is 7.71. The summed E-state index contributed by atoms with van der Waals surface area (Å²) in [7, 11) is -2.64. The summed E-state index contributed by atoms with van der Waals surface area (Å²) < 4.78 is 33.8. The molecule has 0 aromatic heterocycles. The molecule has 0 saturated carbocycles. The number of imide groups is 1. The lowest BCUT2D eigenvalue weighted by atomic mass is 10.1. The third-order valence-corrected chi connectivity index (χ3v) is 6.95. The van der Waals surface area contributed by atoms with Crippen LogP contribution in [0.2, 0.25) is 0 Å². The third kappa shape index (κ3) is 3.93. The summed E-state index contributed by atoms with van der Waals surface area (Å²) >= 11 is 0. The van der Waals surface area contributed by atoms with Gasteiger partial charge in [-0.1, -0.05) is 0 Å². The minimum absolute atomic E-state index is 0.0539. The van der Waals surface area contributed by atoms with Gasteiger partial charge < -0.3 is 9.64 Å². The monoisotopic (exact) mass is 457 g/mol. The number of nitrogens with one attached hydrogen (secondary N) is 1. The van der Waals surface area contributed by atoms with Crippen molar-refractivity contribution in [1.82, 2.24) is 0 Å². The van der Waals surface area contributed by atoms with Crippen LogP contribution >= 0.6 is 0 Å². The molecule has 2 fully saturated rings. The molecule has 2 saturated heterocycles. The zero-order valence-electron chi connectivity index (χ0n) is 17.8. The molecular formula is C22H23N3O6S. The molecule has 0 unspecified atom stereocenters. The number of sulfonamides is 1. The number of anilines is 3. The van der Waals surface area contributed by atoms with Gasteiger partial charge in [0.2, 0.25) is 17.7 Å². The standard InChI is InChI=1S/C22H23N3O6S/c1-14-12-15(5-7-17(14)24-11-3-4-20(24)26)23-32(29,30)16-6-8-19(31-2)18(13-16)25-21(27)9-10-22(25)28/h5-8,12-13,23H,3-4,9-11H2,1-2H3. The van der Waals surface area contributed by atoms with E-state index in [9.17, 15) is 22.8 Å². The topological polar surface area (TPSA) is 113 Å². The number of amides is 3. The fourth-order valence-electron chi connectivity index (χ4n) is 4.00. The van der Waals surface area contributed by atoms with Crippen LogP contribution in [0, 0.1) is 6.92 Å². The van der Waals surface area contributed by atoms with Crippen molar-refractivity contribution in [2.75, 3.05) is 28.2 Å². The van der Waals surface area contributed by atoms with E-state index in [2.05, 4.69) is 4.72 Å². The van der Waals surface area contributed by atoms with Gasteiger partial charge in [0.1, 0.15) is 5.75 Å². The molecule has 3 amide bonds. The van der Waals surface area contributed by atoms with Gasteiger partial charge in [-0.05, 0) is 55.3 Å². The first-order valence-corrected chi connectivity index (χ1v) is 11.7. The molecule has 168 valence electrons. The lowest BCUT2D eigenvalue weighted by Gasteiger charge is -2.20. The van der Waals surface area contributed by atoms with E-state index in [1.807, 2.05) is 6.92 Å². The quantitative estimate of drug-likeness (QED) is 0.667. The predicted octanol–water partition coefficient (Wildman–Crippen LogP) is 2.58. The highest BCUT2D eigenvalue weighted by molar-refractivity contribution is 7.92. The lowest BCUT2D eigenvalue weighted by Crippen LogP contribution is -2.29. The van der Waals surface area contributed by atoms with Crippen LogP contribution in [0.1, 0.15) is 31.2 Å². The van der Waals surface area contributed by atoms with E-state index in [0.717, 1.165) is 22.6 Å². The molecule has 10 heteroatoms. The average molecular weight is 458 g/mol. The second kappa shape index (κ2) is 8.27. The number of carbonyl (C=O) groups excluding carboxylic acids is 3. The van der Waals surface area contributed by atoms with Crippen LogP contribution in [0.4, 0.5) is 17.1 Å². The molecule has 2 aliphatic heterocycles. The number of hydrogen-bond donors (Lipinski definition) is 1. The maximum Gasteiger partial charge on any atom is 0.261 e. The molecule has 2 heterocycles. The molecule has 0 aliphatic carbocycles. The molecule has 9 nitrogen and oxygen atoms in total. The van der Waals surface area contributed by atoms with Gasteiger partial charge in [-0.15, -0.1) is 0 Å². The normalized spacial score (nSPS) is 16.8. The van der Waals surface area contributed by atoms with Crippen molar-refractivity contribution in [2.24, 2.45) is 0 Å². The first-order valence-electron chi connectivity index (χ1n) is 10.2. The number of rotatable bonds is 6. The Morgan fingerprint density at radius 3 is 2.22 bits per heavy atom. The van der Waals surface area contributed by atoms with Gasteiger partial charge in [-0.25, -0.2) is 13.3 Å². The zero-order valence-corrected chi connectivity index (χ0v) is 18.6. The number of benzene rings is 2. The second-order valence-corrected chi connectivity index (χ2v) is 9.39. The van der Waals surface area contributed by atoms with Gasteiger partial charge >= 0.3 is 0 Å². The van der Waals surface area contributed by atoms with Crippen molar-refractivity contribution < 1.29 is 27.5 Å². The SMILES string of the molecule is COc1ccc(S(=O)(=O)Nc2ccc(N3CCCC3=O)c(C)c2)cc1N1C(=O)CCC1=O. The predicted molar refractivity (Wildman–Crippen MR) is 118 cm³/mol. The number of hydrogen-bond acceptors (Lipinski definition) is 6. The summed E-state index contributed by atoms with van der Waals surface area (Å²) in [6, 6.07) is 9.00. The van der Waals surface area contributed by atoms with Crippen molar-refractivity contribution in [3.05, 3.63) is 42.0 Å². The summed E-state index contributed by atoms with van der Waals surface area (Å²) in [5.41, 5.74) is 1.96. The molecule has 1 N–H and O–H groups in total. The fraction of sp³-hybridized carbons (Fsp3) is 0.318. The lowest BCUT2D eigenvalue weighted by molar-refractivity contribution is -0.121. The Morgan fingerprint density at radius 2 is 1.62 bits per heavy atom. The molecule has 4 rings (SSSR count). The number of carbonyl (C=O) groups is 3. The minimum Gasteiger partial charge on any atom is -0.495 e. The van der Waals surface area contributed by atoms with E-state index >= 15 is 0 Å². The van der Waals surface area contributed by atoms with Crippen LogP contribution in [0.3, 0.4) is 0 Å². The smallest absolute Gasteiger partial charge is 0.261 e. The van der Waals surface area contributed by atoms with Gasteiger partial charge in [-0.2, -0.15) is 0 Å². The van der Waals surface area contributed by atoms with Crippen molar-refractivity contribution in [3.8, 4) is 5.75 Å². The molecule has 2 aromatic carbocycles. The van der Waals surface area contributed by atoms with Crippen LogP contribution in [0.5, 0.6) is 5.75 Å². The molecule has 0 spiro atoms. The first-order chi connectivity index (χ1) is 15.2. The van der Waals surface area contributed by atoms with Crippen LogP contribution in [-0.2, 0) is 24.4 Å². The highest BCUT2D eigenvalue weighted by Gasteiger charge is 2.33. The largest absolute Gasteiger partial charge is 0.495 e. The Kier molecular flexibility index (Phi) is 5.64. The Hall–Kier alpha value is -3.40. The van der Waals surface area contributed by atoms with Crippen molar-refractivity contribution in [1.29, 1.82) is 0 Å². The minimum atomic E-state index is -4.02. The molecule has 2 aliphatic rings. The van der Waals surface area contributed by atoms with E-state index in [1.54, 1.807) is 23.1 Å². The van der Waals surface area contributed by atoms with Crippen LogP contribution in [0.25, 0.3) is 0 Å². The number of nitrogens with zero attached hydrogens (tertiary/aromatic N) is 2. The van der Waals surface area contributed by atoms with E-state index in [4.69, 9.17) is 4.74 Å². The highest BCUT2D eigenvalue weighted by atomic mass is 32.2. The maximum absolute atomic E-state index is 13.0. The van der Waals surface area contributed by atoms with E-state index in [-0.39, 0.29) is 35.1 Å². The van der Waals surface area contributed by atoms with E-state index in [1.165, 1.54) is 25.3 Å². The molecular weight excluding hydrogens is 434 g/mol. The summed E-state index contributed by atoms with van der Waals surface area (Å²) in [5.74, 6) is -0.529. The molecule has 0 atom stereocenters. The number of methoxy groups -OCH3 is 1. The Morgan fingerprint density at radius 1 is 0.906 bits per heavy atom. The third-order valence-electron chi connectivity index (χ3n) is 5.57. The van der Waals surface area contributed by atoms with Crippen LogP contribution < -0.4 is 19.3 Å². The van der Waals surface area contributed by atoms with Gasteiger partial charge in [0.05, 0.1) is 17.7 Å². The van der Waals surface area contributed by atoms with Crippen molar-refractivity contribution >= 4 is 44.8 Å². The Labute approximate surface area is 186 Å². The number of aryl methyl sites for hydroxylation is 1. The summed E-state index contributed by atoms with van der Waals surface area (Å²) in [6.45, 7) is 2.46. The first kappa shape index (κ1) is 21.8. The summed E-state index contributed by atoms with van der Waals surface area (Å²) in [4.78, 5) is 38.9. The van der Waals surface area contributed by atoms with Crippen LogP contribution in [-0.4, -0.2) is 39.8 Å². The van der Waals surface area contributed by atoms with Crippen molar-refractivity contribution in [3.63, 3.8) is 0 Å². The number of ether oxygens (including phenoxy) is 1. The van der Waals surface area contributed by atoms with E-state index in [0.29, 0.717) is 18.7 Å². The van der Waals surface area contributed by atoms with Gasteiger partial charge in [0.25, 0.3) is 10.0 Å². The summed E-state index contributed by atoms with van der Waals surface area (Å²) in [5, 5.41) is 0. The van der Waals surface area contributed by atoms with Gasteiger partial charge in [0.15, 0.2) is 0 Å². The Balaban J connectivity index is 1.63. The summed E-state index contributed by atoms with van der Waals surface area (Å²) in [6.07, 6.45) is 1.45. The van der Waals surface area contributed by atoms with Gasteiger partial charge in [0, 0.05) is 37.2 Å². The Bertz CT molecular complexity index is 1210. The average Bonchev–Trinajstić information content (AvgIpc) is 3.32. The molecule has 32 heavy (non-hydrogen) atoms. The molecule has 2 aromatic rings. The van der Waals surface area contributed by atoms with Crippen molar-refractivity contribution in [2.45, 2.75) is 37.5 Å². The fourth-order valence-corrected chi connectivity index (χ4v) is 5.06. The van der Waals surface area contributed by atoms with Crippen LogP contribution in [0.15, 0.2) is 41.3 Å². The molecule has 0 bridgehead atoms. The maximum atomic E-state index is 13.0.